The number of allylic oxidation sites excluding steroid dienone is 1. The van der Waals surface area contributed by atoms with Crippen molar-refractivity contribution in [2.45, 2.75) is 39.5 Å². The Balaban J connectivity index is 0.000000187. The minimum atomic E-state index is 1.00. The Bertz CT molecular complexity index is 101. The van der Waals surface area contributed by atoms with E-state index in [9.17, 15) is 0 Å². The summed E-state index contributed by atoms with van der Waals surface area (Å²) in [5.41, 5.74) is 1.00. The van der Waals surface area contributed by atoms with Crippen LogP contribution < -0.4 is 5.32 Å². The van der Waals surface area contributed by atoms with Gasteiger partial charge in [0.2, 0.25) is 0 Å². The molecule has 0 unspecified atom stereocenters. The summed E-state index contributed by atoms with van der Waals surface area (Å²) < 4.78 is 0. The topological polar surface area (TPSA) is 12.0 Å². The maximum Gasteiger partial charge on any atom is 0.00299 e. The van der Waals surface area contributed by atoms with Crippen molar-refractivity contribution in [3.8, 4) is 0 Å². The molecule has 1 nitrogen and oxygen atoms in total. The normalized spacial score (nSPS) is 17.0. The first-order valence-corrected chi connectivity index (χ1v) is 4.50. The SMILES string of the molecule is C=C(C)NC.CC1CCCC1. The second kappa shape index (κ2) is 6.26. The van der Waals surface area contributed by atoms with Crippen LogP contribution in [0.1, 0.15) is 39.5 Å². The van der Waals surface area contributed by atoms with Crippen molar-refractivity contribution >= 4 is 0 Å². The first kappa shape index (κ1) is 10.5. The molecule has 1 N–H and O–H groups in total. The van der Waals surface area contributed by atoms with Crippen LogP contribution in [0.25, 0.3) is 0 Å². The van der Waals surface area contributed by atoms with E-state index in [0.717, 1.165) is 11.6 Å². The molecule has 66 valence electrons. The average molecular weight is 155 g/mol. The monoisotopic (exact) mass is 155 g/mol. The van der Waals surface area contributed by atoms with Gasteiger partial charge < -0.3 is 5.32 Å². The minimum absolute atomic E-state index is 1.00. The zero-order chi connectivity index (χ0) is 8.69. The molecular weight excluding hydrogens is 134 g/mol. The van der Waals surface area contributed by atoms with E-state index in [1.807, 2.05) is 14.0 Å². The highest BCUT2D eigenvalue weighted by Gasteiger charge is 2.07. The second-order valence-corrected chi connectivity index (χ2v) is 3.42. The second-order valence-electron chi connectivity index (χ2n) is 3.42. The molecule has 0 radical (unpaired) electrons. The summed E-state index contributed by atoms with van der Waals surface area (Å²) in [5.74, 6) is 1.05. The summed E-state index contributed by atoms with van der Waals surface area (Å²) in [7, 11) is 1.85. The van der Waals surface area contributed by atoms with E-state index in [-0.39, 0.29) is 0 Å². The van der Waals surface area contributed by atoms with Crippen molar-refractivity contribution in [1.29, 1.82) is 0 Å². The third kappa shape index (κ3) is 7.44. The van der Waals surface area contributed by atoms with Crippen molar-refractivity contribution in [3.63, 3.8) is 0 Å². The van der Waals surface area contributed by atoms with E-state index in [2.05, 4.69) is 18.8 Å². The van der Waals surface area contributed by atoms with Crippen LogP contribution in [0.5, 0.6) is 0 Å². The van der Waals surface area contributed by atoms with Crippen LogP contribution in [0.15, 0.2) is 12.3 Å². The van der Waals surface area contributed by atoms with Gasteiger partial charge in [-0.1, -0.05) is 39.2 Å². The number of nitrogens with one attached hydrogen (secondary N) is 1. The molecule has 1 fully saturated rings. The summed E-state index contributed by atoms with van der Waals surface area (Å²) in [4.78, 5) is 0. The fourth-order valence-electron chi connectivity index (χ4n) is 1.13. The Hall–Kier alpha value is -0.460. The van der Waals surface area contributed by atoms with Crippen LogP contribution >= 0.6 is 0 Å². The summed E-state index contributed by atoms with van der Waals surface area (Å²) in [6, 6.07) is 0. The van der Waals surface area contributed by atoms with Crippen LogP contribution in [0.4, 0.5) is 0 Å². The highest BCUT2D eigenvalue weighted by atomic mass is 14.8. The van der Waals surface area contributed by atoms with Gasteiger partial charge in [-0.25, -0.2) is 0 Å². The van der Waals surface area contributed by atoms with Crippen molar-refractivity contribution in [1.82, 2.24) is 5.32 Å². The zero-order valence-corrected chi connectivity index (χ0v) is 8.11. The molecule has 1 saturated carbocycles. The molecule has 1 aliphatic rings. The molecule has 0 atom stereocenters. The van der Waals surface area contributed by atoms with Crippen LogP contribution in [-0.2, 0) is 0 Å². The first-order chi connectivity index (χ1) is 5.16. The lowest BCUT2D eigenvalue weighted by Gasteiger charge is -1.91. The number of hydrogen-bond acceptors (Lipinski definition) is 1. The van der Waals surface area contributed by atoms with Gasteiger partial charge in [0, 0.05) is 7.05 Å². The van der Waals surface area contributed by atoms with Gasteiger partial charge in [0.25, 0.3) is 0 Å². The van der Waals surface area contributed by atoms with Crippen LogP contribution in [0.3, 0.4) is 0 Å². The van der Waals surface area contributed by atoms with Gasteiger partial charge in [0.15, 0.2) is 0 Å². The zero-order valence-electron chi connectivity index (χ0n) is 8.11. The number of hydrogen-bond donors (Lipinski definition) is 1. The molecule has 0 saturated heterocycles. The van der Waals surface area contributed by atoms with E-state index in [1.54, 1.807) is 0 Å². The van der Waals surface area contributed by atoms with Gasteiger partial charge in [0.1, 0.15) is 0 Å². The summed E-state index contributed by atoms with van der Waals surface area (Å²) in [5, 5.41) is 2.83. The van der Waals surface area contributed by atoms with E-state index in [0.29, 0.717) is 0 Å². The van der Waals surface area contributed by atoms with Crippen LogP contribution in [-0.4, -0.2) is 7.05 Å². The van der Waals surface area contributed by atoms with Crippen molar-refractivity contribution in [3.05, 3.63) is 12.3 Å². The summed E-state index contributed by atoms with van der Waals surface area (Å²) in [6.07, 6.45) is 5.95. The first-order valence-electron chi connectivity index (χ1n) is 4.50. The maximum atomic E-state index is 3.56. The fourth-order valence-corrected chi connectivity index (χ4v) is 1.13. The third-order valence-electron chi connectivity index (χ3n) is 2.07. The van der Waals surface area contributed by atoms with Gasteiger partial charge in [-0.15, -0.1) is 0 Å². The molecular formula is C10H21N. The van der Waals surface area contributed by atoms with Crippen molar-refractivity contribution < 1.29 is 0 Å². The molecule has 1 aliphatic carbocycles. The Labute approximate surface area is 70.9 Å². The van der Waals surface area contributed by atoms with Crippen molar-refractivity contribution in [2.75, 3.05) is 7.05 Å². The molecule has 1 rings (SSSR count). The highest BCUT2D eigenvalue weighted by molar-refractivity contribution is 4.80. The van der Waals surface area contributed by atoms with E-state index in [1.165, 1.54) is 25.7 Å². The molecule has 0 heterocycles. The van der Waals surface area contributed by atoms with Gasteiger partial charge in [-0.05, 0) is 18.5 Å². The predicted octanol–water partition coefficient (Wildman–Crippen LogP) is 2.94. The minimum Gasteiger partial charge on any atom is -0.392 e. The van der Waals surface area contributed by atoms with Gasteiger partial charge in [-0.3, -0.25) is 0 Å². The quantitative estimate of drug-likeness (QED) is 0.614. The lowest BCUT2D eigenvalue weighted by atomic mass is 10.2. The van der Waals surface area contributed by atoms with E-state index < -0.39 is 0 Å². The van der Waals surface area contributed by atoms with Crippen LogP contribution in [0.2, 0.25) is 0 Å². The fraction of sp³-hybridized carbons (Fsp3) is 0.800. The average Bonchev–Trinajstić information content (AvgIpc) is 2.41. The molecule has 0 bridgehead atoms. The molecule has 0 aliphatic heterocycles. The van der Waals surface area contributed by atoms with E-state index >= 15 is 0 Å². The lowest BCUT2D eigenvalue weighted by molar-refractivity contribution is 0.612. The molecule has 0 amide bonds. The third-order valence-corrected chi connectivity index (χ3v) is 2.07. The Kier molecular flexibility index (Phi) is 6.00. The summed E-state index contributed by atoms with van der Waals surface area (Å²) in [6.45, 7) is 7.82. The van der Waals surface area contributed by atoms with Gasteiger partial charge in [-0.2, -0.15) is 0 Å². The van der Waals surface area contributed by atoms with E-state index in [4.69, 9.17) is 0 Å². The van der Waals surface area contributed by atoms with Crippen molar-refractivity contribution in [2.24, 2.45) is 5.92 Å². The summed E-state index contributed by atoms with van der Waals surface area (Å²) >= 11 is 0. The Morgan fingerprint density at radius 1 is 1.36 bits per heavy atom. The maximum absolute atomic E-state index is 3.56. The molecule has 0 spiro atoms. The van der Waals surface area contributed by atoms with Gasteiger partial charge in [0.05, 0.1) is 0 Å². The number of rotatable bonds is 1. The lowest BCUT2D eigenvalue weighted by Crippen LogP contribution is -1.98. The molecule has 11 heavy (non-hydrogen) atoms. The predicted molar refractivity (Wildman–Crippen MR) is 51.5 cm³/mol. The molecule has 0 aromatic rings. The van der Waals surface area contributed by atoms with Gasteiger partial charge >= 0.3 is 0 Å². The molecule has 1 heteroatoms. The molecule has 0 aromatic heterocycles. The highest BCUT2D eigenvalue weighted by Crippen LogP contribution is 2.22. The molecule has 0 aromatic carbocycles. The standard InChI is InChI=1S/C6H12.C4H9N/c1-6-4-2-3-5-6;1-4(2)5-3/h6H,2-5H2,1H3;5H,1H2,2-3H3. The largest absolute Gasteiger partial charge is 0.392 e. The Morgan fingerprint density at radius 2 is 1.73 bits per heavy atom. The van der Waals surface area contributed by atoms with Crippen LogP contribution in [0, 0.1) is 5.92 Å². The Morgan fingerprint density at radius 3 is 1.82 bits per heavy atom. The smallest absolute Gasteiger partial charge is 0.00299 e.